The van der Waals surface area contributed by atoms with Crippen LogP contribution >= 0.6 is 12.2 Å². The molecule has 0 amide bonds. The predicted molar refractivity (Wildman–Crippen MR) is 126 cm³/mol. The number of carbonyl (C=O) groups excluding carboxylic acids is 2. The Hall–Kier alpha value is -3.43. The molecule has 0 spiro atoms. The molecule has 33 heavy (non-hydrogen) atoms. The maximum absolute atomic E-state index is 12.7. The van der Waals surface area contributed by atoms with Crippen LogP contribution in [0.2, 0.25) is 0 Å². The average Bonchev–Trinajstić information content (AvgIpc) is 2.82. The van der Waals surface area contributed by atoms with E-state index in [9.17, 15) is 9.59 Å². The summed E-state index contributed by atoms with van der Waals surface area (Å²) in [5.74, 6) is -0.152. The molecule has 1 aliphatic heterocycles. The van der Waals surface area contributed by atoms with Crippen molar-refractivity contribution >= 4 is 29.3 Å². The van der Waals surface area contributed by atoms with Gasteiger partial charge in [0, 0.05) is 12.8 Å². The molecule has 8 nitrogen and oxygen atoms in total. The van der Waals surface area contributed by atoms with E-state index in [1.54, 1.807) is 26.2 Å². The van der Waals surface area contributed by atoms with Gasteiger partial charge in [-0.25, -0.2) is 9.59 Å². The number of carbonyl (C=O) groups is 2. The number of allylic oxidation sites excluding steroid dienone is 1. The van der Waals surface area contributed by atoms with Gasteiger partial charge in [0.25, 0.3) is 0 Å². The van der Waals surface area contributed by atoms with Crippen molar-refractivity contribution in [2.75, 3.05) is 27.4 Å². The normalized spacial score (nSPS) is 15.4. The minimum Gasteiger partial charge on any atom is -0.489 e. The van der Waals surface area contributed by atoms with Gasteiger partial charge in [-0.3, -0.25) is 0 Å². The number of thiocarbonyl (C=S) groups is 1. The van der Waals surface area contributed by atoms with E-state index in [0.717, 1.165) is 11.1 Å². The molecule has 0 aromatic heterocycles. The Labute approximate surface area is 197 Å². The molecule has 3 rings (SSSR count). The maximum atomic E-state index is 12.7. The highest BCUT2D eigenvalue weighted by molar-refractivity contribution is 7.80. The second-order valence-corrected chi connectivity index (χ2v) is 7.65. The van der Waals surface area contributed by atoms with Crippen molar-refractivity contribution in [1.82, 2.24) is 10.6 Å². The topological polar surface area (TPSA) is 95.1 Å². The molecule has 2 aromatic carbocycles. The predicted octanol–water partition coefficient (Wildman–Crippen LogP) is 3.03. The molecule has 2 aromatic rings. The van der Waals surface area contributed by atoms with Gasteiger partial charge < -0.3 is 29.6 Å². The lowest BCUT2D eigenvalue weighted by Crippen LogP contribution is -2.45. The lowest BCUT2D eigenvalue weighted by molar-refractivity contribution is -0.140. The largest absolute Gasteiger partial charge is 0.489 e. The van der Waals surface area contributed by atoms with Crippen molar-refractivity contribution in [2.24, 2.45) is 0 Å². The van der Waals surface area contributed by atoms with Crippen molar-refractivity contribution in [3.63, 3.8) is 0 Å². The first-order valence-electron chi connectivity index (χ1n) is 10.3. The second kappa shape index (κ2) is 11.4. The Morgan fingerprint density at radius 3 is 2.30 bits per heavy atom. The second-order valence-electron chi connectivity index (χ2n) is 7.25. The highest BCUT2D eigenvalue weighted by Crippen LogP contribution is 2.29. The number of hydrogen-bond acceptors (Lipinski definition) is 7. The van der Waals surface area contributed by atoms with E-state index >= 15 is 0 Å². The number of methoxy groups -OCH3 is 2. The van der Waals surface area contributed by atoms with Crippen LogP contribution in [0.1, 0.15) is 34.5 Å². The first-order chi connectivity index (χ1) is 15.9. The van der Waals surface area contributed by atoms with Crippen LogP contribution in [0.5, 0.6) is 5.75 Å². The summed E-state index contributed by atoms with van der Waals surface area (Å²) in [6.07, 6.45) is 0. The molecular formula is C24H26N2O6S. The van der Waals surface area contributed by atoms with Crippen LogP contribution in [-0.2, 0) is 25.6 Å². The maximum Gasteiger partial charge on any atom is 0.338 e. The summed E-state index contributed by atoms with van der Waals surface area (Å²) in [7, 11) is 2.89. The van der Waals surface area contributed by atoms with Gasteiger partial charge in [0.1, 0.15) is 19.0 Å². The molecule has 0 aliphatic carbocycles. The zero-order chi connectivity index (χ0) is 23.8. The van der Waals surface area contributed by atoms with Crippen molar-refractivity contribution in [1.29, 1.82) is 0 Å². The summed E-state index contributed by atoms with van der Waals surface area (Å²) in [6, 6.07) is 14.0. The molecule has 2 N–H and O–H groups in total. The van der Waals surface area contributed by atoms with Gasteiger partial charge in [-0.2, -0.15) is 0 Å². The summed E-state index contributed by atoms with van der Waals surface area (Å²) in [6.45, 7) is 2.61. The molecule has 0 radical (unpaired) electrons. The summed E-state index contributed by atoms with van der Waals surface area (Å²) >= 11 is 5.28. The summed E-state index contributed by atoms with van der Waals surface area (Å²) in [5, 5.41) is 6.54. The highest BCUT2D eigenvalue weighted by Gasteiger charge is 2.30. The number of rotatable bonds is 9. The van der Waals surface area contributed by atoms with E-state index < -0.39 is 12.0 Å². The molecule has 1 aliphatic rings. The fraction of sp³-hybridized carbons (Fsp3) is 0.292. The van der Waals surface area contributed by atoms with E-state index in [-0.39, 0.29) is 12.6 Å². The van der Waals surface area contributed by atoms with Crippen molar-refractivity contribution in [3.8, 4) is 5.75 Å². The van der Waals surface area contributed by atoms with Gasteiger partial charge in [0.05, 0.1) is 30.9 Å². The van der Waals surface area contributed by atoms with Gasteiger partial charge in [-0.15, -0.1) is 0 Å². The minimum absolute atomic E-state index is 0.163. The van der Waals surface area contributed by atoms with E-state index in [1.165, 1.54) is 7.11 Å². The zero-order valence-corrected chi connectivity index (χ0v) is 19.5. The van der Waals surface area contributed by atoms with Crippen LogP contribution < -0.4 is 15.4 Å². The van der Waals surface area contributed by atoms with E-state index in [2.05, 4.69) is 10.6 Å². The number of hydrogen-bond donors (Lipinski definition) is 2. The number of nitrogens with one attached hydrogen (secondary N) is 2. The quantitative estimate of drug-likeness (QED) is 0.326. The van der Waals surface area contributed by atoms with Crippen LogP contribution in [-0.4, -0.2) is 44.5 Å². The fourth-order valence-electron chi connectivity index (χ4n) is 3.29. The Kier molecular flexibility index (Phi) is 8.39. The molecule has 0 saturated heterocycles. The van der Waals surface area contributed by atoms with E-state index in [0.29, 0.717) is 40.9 Å². The highest BCUT2D eigenvalue weighted by atomic mass is 32.1. The smallest absolute Gasteiger partial charge is 0.338 e. The molecule has 0 fully saturated rings. The summed E-state index contributed by atoms with van der Waals surface area (Å²) < 4.78 is 20.8. The lowest BCUT2D eigenvalue weighted by atomic mass is 9.95. The first-order valence-corrected chi connectivity index (χ1v) is 10.7. The molecule has 1 heterocycles. The lowest BCUT2D eigenvalue weighted by Gasteiger charge is -2.30. The molecule has 174 valence electrons. The van der Waals surface area contributed by atoms with Crippen LogP contribution in [0.4, 0.5) is 0 Å². The van der Waals surface area contributed by atoms with Crippen molar-refractivity contribution in [3.05, 3.63) is 76.5 Å². The van der Waals surface area contributed by atoms with Crippen molar-refractivity contribution < 1.29 is 28.5 Å². The van der Waals surface area contributed by atoms with Crippen molar-refractivity contribution in [2.45, 2.75) is 19.6 Å². The monoisotopic (exact) mass is 470 g/mol. The summed E-state index contributed by atoms with van der Waals surface area (Å²) in [4.78, 5) is 24.2. The SMILES string of the molecule is COCCOC(=O)C1=C(C)NC(=S)NC1c1ccc(OCc2ccc(C(=O)OC)cc2)cc1. The third-order valence-corrected chi connectivity index (χ3v) is 5.22. The standard InChI is InChI=1S/C24H26N2O6S/c1-15-20(23(28)31-13-12-29-2)21(26-24(33)25-15)17-8-10-19(11-9-17)32-14-16-4-6-18(7-5-16)22(27)30-3/h4-11,21H,12-14H2,1-3H3,(H2,25,26,33). The van der Waals surface area contributed by atoms with E-state index in [4.69, 9.17) is 31.2 Å². The van der Waals surface area contributed by atoms with Crippen LogP contribution in [0.25, 0.3) is 0 Å². The molecule has 9 heteroatoms. The molecule has 0 bridgehead atoms. The Balaban J connectivity index is 1.68. The third-order valence-electron chi connectivity index (χ3n) is 5.00. The van der Waals surface area contributed by atoms with Gasteiger partial charge in [0.15, 0.2) is 5.11 Å². The van der Waals surface area contributed by atoms with Gasteiger partial charge in [0.2, 0.25) is 0 Å². The minimum atomic E-state index is -0.450. The number of esters is 2. The zero-order valence-electron chi connectivity index (χ0n) is 18.7. The van der Waals surface area contributed by atoms with Gasteiger partial charge in [-0.1, -0.05) is 24.3 Å². The Morgan fingerprint density at radius 2 is 1.67 bits per heavy atom. The van der Waals surface area contributed by atoms with E-state index in [1.807, 2.05) is 36.4 Å². The number of ether oxygens (including phenoxy) is 4. The van der Waals surface area contributed by atoms with Crippen LogP contribution in [0.15, 0.2) is 59.8 Å². The Morgan fingerprint density at radius 1 is 0.970 bits per heavy atom. The van der Waals surface area contributed by atoms with Gasteiger partial charge in [-0.05, 0) is 54.5 Å². The fourth-order valence-corrected chi connectivity index (χ4v) is 3.56. The average molecular weight is 471 g/mol. The Bertz CT molecular complexity index is 1030. The van der Waals surface area contributed by atoms with Gasteiger partial charge >= 0.3 is 11.9 Å². The summed E-state index contributed by atoms with van der Waals surface area (Å²) in [5.41, 5.74) is 3.34. The third kappa shape index (κ3) is 6.30. The van der Waals surface area contributed by atoms with Crippen LogP contribution in [0, 0.1) is 0 Å². The van der Waals surface area contributed by atoms with Crippen LogP contribution in [0.3, 0.4) is 0 Å². The molecule has 1 atom stereocenters. The molecule has 1 unspecified atom stereocenters. The number of benzene rings is 2. The molecule has 0 saturated carbocycles. The first kappa shape index (κ1) is 24.2. The molecular weight excluding hydrogens is 444 g/mol.